The van der Waals surface area contributed by atoms with E-state index in [9.17, 15) is 18.8 Å². The molecule has 0 unspecified atom stereocenters. The maximum absolute atomic E-state index is 12.9. The number of H-pyrrole nitrogens is 2. The number of benzene rings is 1. The third kappa shape index (κ3) is 3.31. The zero-order chi connectivity index (χ0) is 16.4. The summed E-state index contributed by atoms with van der Waals surface area (Å²) in [7, 11) is 0. The predicted octanol–water partition coefficient (Wildman–Crippen LogP) is 0.165. The summed E-state index contributed by atoms with van der Waals surface area (Å²) in [5.41, 5.74) is -0.440. The van der Waals surface area contributed by atoms with Crippen LogP contribution in [0.3, 0.4) is 0 Å². The van der Waals surface area contributed by atoms with E-state index in [1.807, 2.05) is 9.88 Å². The van der Waals surface area contributed by atoms with Crippen LogP contribution in [0.1, 0.15) is 10.5 Å². The number of hydrogen-bond donors (Lipinski definition) is 2. The van der Waals surface area contributed by atoms with Crippen LogP contribution in [0.4, 0.5) is 10.1 Å². The summed E-state index contributed by atoms with van der Waals surface area (Å²) in [6.45, 7) is 2.08. The monoisotopic (exact) mass is 318 g/mol. The Morgan fingerprint density at radius 1 is 1.00 bits per heavy atom. The molecule has 23 heavy (non-hydrogen) atoms. The molecule has 0 radical (unpaired) electrons. The van der Waals surface area contributed by atoms with E-state index >= 15 is 0 Å². The fourth-order valence-electron chi connectivity index (χ4n) is 2.57. The Morgan fingerprint density at radius 2 is 1.65 bits per heavy atom. The highest BCUT2D eigenvalue weighted by atomic mass is 19.1. The van der Waals surface area contributed by atoms with Gasteiger partial charge in [0.25, 0.3) is 11.5 Å². The summed E-state index contributed by atoms with van der Waals surface area (Å²) in [5.74, 6) is -0.673. The molecule has 1 aliphatic rings. The fraction of sp³-hybridized carbons (Fsp3) is 0.267. The number of carbonyl (C=O) groups is 1. The molecule has 2 aromatic rings. The molecule has 1 fully saturated rings. The lowest BCUT2D eigenvalue weighted by Crippen LogP contribution is -2.49. The lowest BCUT2D eigenvalue weighted by Gasteiger charge is -2.36. The summed E-state index contributed by atoms with van der Waals surface area (Å²) in [5, 5.41) is 0. The van der Waals surface area contributed by atoms with Gasteiger partial charge in [-0.05, 0) is 24.3 Å². The molecule has 120 valence electrons. The van der Waals surface area contributed by atoms with Crippen LogP contribution in [0.15, 0.2) is 39.9 Å². The molecule has 0 aliphatic carbocycles. The normalized spacial score (nSPS) is 14.8. The zero-order valence-electron chi connectivity index (χ0n) is 12.2. The number of anilines is 1. The molecule has 0 bridgehead atoms. The van der Waals surface area contributed by atoms with Crippen molar-refractivity contribution in [3.63, 3.8) is 0 Å². The van der Waals surface area contributed by atoms with Gasteiger partial charge in [0.2, 0.25) is 0 Å². The van der Waals surface area contributed by atoms with Gasteiger partial charge in [0, 0.05) is 37.9 Å². The number of piperazine rings is 1. The minimum atomic E-state index is -0.703. The number of nitrogens with one attached hydrogen (secondary N) is 2. The van der Waals surface area contributed by atoms with Gasteiger partial charge >= 0.3 is 5.69 Å². The Morgan fingerprint density at radius 3 is 2.26 bits per heavy atom. The third-order valence-electron chi connectivity index (χ3n) is 3.75. The van der Waals surface area contributed by atoms with Crippen LogP contribution < -0.4 is 16.1 Å². The Balaban J connectivity index is 1.68. The second-order valence-electron chi connectivity index (χ2n) is 5.26. The average Bonchev–Trinajstić information content (AvgIpc) is 2.54. The molecular formula is C15H15FN4O3. The highest BCUT2D eigenvalue weighted by Gasteiger charge is 2.23. The molecule has 2 N–H and O–H groups in total. The lowest BCUT2D eigenvalue weighted by atomic mass is 10.2. The predicted molar refractivity (Wildman–Crippen MR) is 82.2 cm³/mol. The van der Waals surface area contributed by atoms with Crippen LogP contribution in [-0.2, 0) is 0 Å². The van der Waals surface area contributed by atoms with E-state index in [0.717, 1.165) is 11.8 Å². The van der Waals surface area contributed by atoms with Crippen molar-refractivity contribution in [2.45, 2.75) is 0 Å². The van der Waals surface area contributed by atoms with Gasteiger partial charge in [-0.3, -0.25) is 14.6 Å². The SMILES string of the molecule is O=C(c1cc(=O)[nH]c(=O)[nH]1)N1CCN(c2ccc(F)cc2)CC1. The average molecular weight is 318 g/mol. The van der Waals surface area contributed by atoms with Crippen LogP contribution in [0.2, 0.25) is 0 Å². The van der Waals surface area contributed by atoms with Crippen molar-refractivity contribution in [3.05, 3.63) is 62.7 Å². The Kier molecular flexibility index (Phi) is 3.96. The minimum absolute atomic E-state index is 0.0195. The van der Waals surface area contributed by atoms with Crippen LogP contribution in [-0.4, -0.2) is 47.0 Å². The van der Waals surface area contributed by atoms with Crippen molar-refractivity contribution < 1.29 is 9.18 Å². The van der Waals surface area contributed by atoms with Gasteiger partial charge in [0.1, 0.15) is 11.5 Å². The molecule has 1 aromatic heterocycles. The van der Waals surface area contributed by atoms with Gasteiger partial charge in [-0.1, -0.05) is 0 Å². The Labute approximate surface area is 130 Å². The first kappa shape index (κ1) is 15.0. The van der Waals surface area contributed by atoms with Gasteiger partial charge < -0.3 is 14.8 Å². The second-order valence-corrected chi connectivity index (χ2v) is 5.26. The van der Waals surface area contributed by atoms with Crippen molar-refractivity contribution in [3.8, 4) is 0 Å². The number of rotatable bonds is 2. The summed E-state index contributed by atoms with van der Waals surface area (Å²) in [6.07, 6.45) is 0. The van der Waals surface area contributed by atoms with Crippen LogP contribution in [0.5, 0.6) is 0 Å². The van der Waals surface area contributed by atoms with Gasteiger partial charge in [-0.15, -0.1) is 0 Å². The highest BCUT2D eigenvalue weighted by Crippen LogP contribution is 2.17. The van der Waals surface area contributed by atoms with Crippen molar-refractivity contribution in [2.75, 3.05) is 31.1 Å². The number of aromatic nitrogens is 2. The molecule has 7 nitrogen and oxygen atoms in total. The van der Waals surface area contributed by atoms with E-state index < -0.39 is 11.2 Å². The van der Waals surface area contributed by atoms with E-state index in [0.29, 0.717) is 26.2 Å². The van der Waals surface area contributed by atoms with Crippen molar-refractivity contribution in [2.24, 2.45) is 0 Å². The van der Waals surface area contributed by atoms with Crippen LogP contribution in [0, 0.1) is 5.82 Å². The molecule has 3 rings (SSSR count). The van der Waals surface area contributed by atoms with Gasteiger partial charge in [-0.2, -0.15) is 0 Å². The van der Waals surface area contributed by atoms with E-state index in [1.165, 1.54) is 12.1 Å². The van der Waals surface area contributed by atoms with E-state index in [1.54, 1.807) is 17.0 Å². The first-order valence-corrected chi connectivity index (χ1v) is 7.16. The Hall–Kier alpha value is -2.90. The topological polar surface area (TPSA) is 89.3 Å². The van der Waals surface area contributed by atoms with Crippen molar-refractivity contribution in [1.29, 1.82) is 0 Å². The summed E-state index contributed by atoms with van der Waals surface area (Å²) < 4.78 is 12.9. The largest absolute Gasteiger partial charge is 0.368 e. The van der Waals surface area contributed by atoms with E-state index in [2.05, 4.69) is 4.98 Å². The van der Waals surface area contributed by atoms with Gasteiger partial charge in [-0.25, -0.2) is 9.18 Å². The molecule has 8 heteroatoms. The van der Waals surface area contributed by atoms with Crippen LogP contribution >= 0.6 is 0 Å². The standard InChI is InChI=1S/C15H15FN4O3/c16-10-1-3-11(4-2-10)19-5-7-20(8-6-19)14(22)12-9-13(21)18-15(23)17-12/h1-4,9H,5-8H2,(H2,17,18,21,23). The molecule has 1 saturated heterocycles. The number of hydrogen-bond acceptors (Lipinski definition) is 4. The van der Waals surface area contributed by atoms with Crippen molar-refractivity contribution in [1.82, 2.24) is 14.9 Å². The number of aromatic amines is 2. The smallest absolute Gasteiger partial charge is 0.326 e. The lowest BCUT2D eigenvalue weighted by molar-refractivity contribution is 0.0740. The van der Waals surface area contributed by atoms with Gasteiger partial charge in [0.05, 0.1) is 0 Å². The molecule has 1 amide bonds. The summed E-state index contributed by atoms with van der Waals surface area (Å²) >= 11 is 0. The highest BCUT2D eigenvalue weighted by molar-refractivity contribution is 5.92. The van der Waals surface area contributed by atoms with Crippen LogP contribution in [0.25, 0.3) is 0 Å². The Bertz CT molecular complexity index is 791. The summed E-state index contributed by atoms with van der Waals surface area (Å²) in [4.78, 5) is 42.8. The number of carbonyl (C=O) groups excluding carboxylic acids is 1. The quantitative estimate of drug-likeness (QED) is 0.826. The molecule has 2 heterocycles. The van der Waals surface area contributed by atoms with E-state index in [-0.39, 0.29) is 17.4 Å². The minimum Gasteiger partial charge on any atom is -0.368 e. The molecule has 1 aliphatic heterocycles. The molecule has 0 atom stereocenters. The molecular weight excluding hydrogens is 303 g/mol. The fourth-order valence-corrected chi connectivity index (χ4v) is 2.57. The molecule has 0 spiro atoms. The van der Waals surface area contributed by atoms with Gasteiger partial charge in [0.15, 0.2) is 0 Å². The first-order valence-electron chi connectivity index (χ1n) is 7.16. The molecule has 0 saturated carbocycles. The maximum Gasteiger partial charge on any atom is 0.326 e. The first-order chi connectivity index (χ1) is 11.0. The second kappa shape index (κ2) is 6.07. The zero-order valence-corrected chi connectivity index (χ0v) is 12.2. The number of nitrogens with zero attached hydrogens (tertiary/aromatic N) is 2. The van der Waals surface area contributed by atoms with E-state index in [4.69, 9.17) is 0 Å². The third-order valence-corrected chi connectivity index (χ3v) is 3.75. The van der Waals surface area contributed by atoms with Crippen molar-refractivity contribution >= 4 is 11.6 Å². The maximum atomic E-state index is 12.9. The summed E-state index contributed by atoms with van der Waals surface area (Å²) in [6, 6.07) is 7.26. The molecule has 1 aromatic carbocycles. The number of amides is 1. The number of halogens is 1.